The fourth-order valence-corrected chi connectivity index (χ4v) is 5.29. The van der Waals surface area contributed by atoms with Gasteiger partial charge in [-0.05, 0) is 43.0 Å². The lowest BCUT2D eigenvalue weighted by molar-refractivity contribution is 0.0678. The Hall–Kier alpha value is -3.74. The SMILES string of the molecule is O=C(c1ccccc1-n1nccn1)N1CC[C@H]2CCN(c3ccnc4ccccc34)[C@H]2C1. The van der Waals surface area contributed by atoms with Crippen molar-refractivity contribution in [2.75, 3.05) is 24.5 Å². The molecule has 2 aromatic carbocycles. The van der Waals surface area contributed by atoms with Crippen molar-refractivity contribution in [1.29, 1.82) is 0 Å². The molecule has 160 valence electrons. The summed E-state index contributed by atoms with van der Waals surface area (Å²) in [6.07, 6.45) is 7.34. The third-order valence-corrected chi connectivity index (χ3v) is 6.85. The van der Waals surface area contributed by atoms with Crippen LogP contribution in [0.25, 0.3) is 16.6 Å². The number of carbonyl (C=O) groups is 1. The molecule has 0 aliphatic carbocycles. The van der Waals surface area contributed by atoms with Gasteiger partial charge in [0.25, 0.3) is 5.91 Å². The normalized spacial score (nSPS) is 20.5. The van der Waals surface area contributed by atoms with E-state index in [-0.39, 0.29) is 5.91 Å². The van der Waals surface area contributed by atoms with Gasteiger partial charge >= 0.3 is 0 Å². The van der Waals surface area contributed by atoms with Crippen molar-refractivity contribution >= 4 is 22.5 Å². The number of piperidine rings is 1. The quantitative estimate of drug-likeness (QED) is 0.503. The third kappa shape index (κ3) is 3.12. The Kier molecular flexibility index (Phi) is 4.60. The lowest BCUT2D eigenvalue weighted by Crippen LogP contribution is -2.50. The van der Waals surface area contributed by atoms with E-state index in [2.05, 4.69) is 44.3 Å². The molecule has 0 spiro atoms. The van der Waals surface area contributed by atoms with Crippen LogP contribution in [0.2, 0.25) is 0 Å². The molecule has 2 saturated heterocycles. The Labute approximate surface area is 186 Å². The molecular weight excluding hydrogens is 400 g/mol. The lowest BCUT2D eigenvalue weighted by atomic mass is 9.91. The molecule has 4 heterocycles. The number of pyridine rings is 1. The van der Waals surface area contributed by atoms with Gasteiger partial charge in [0.05, 0.1) is 29.2 Å². The number of hydrogen-bond donors (Lipinski definition) is 0. The van der Waals surface area contributed by atoms with E-state index in [1.165, 1.54) is 15.9 Å². The number of rotatable bonds is 3. The van der Waals surface area contributed by atoms with Gasteiger partial charge in [-0.25, -0.2) is 0 Å². The standard InChI is InChI=1S/C25H24N6O/c32-25(20-6-2-4-8-23(20)31-27-13-14-28-31)29-15-10-18-11-16-30(24(18)17-29)22-9-12-26-21-7-3-1-5-19(21)22/h1-9,12-14,18,24H,10-11,15-17H2/t18-,24-/m0/s1. The van der Waals surface area contributed by atoms with Crippen LogP contribution in [0.1, 0.15) is 23.2 Å². The highest BCUT2D eigenvalue weighted by Gasteiger charge is 2.40. The van der Waals surface area contributed by atoms with Gasteiger partial charge in [0.1, 0.15) is 0 Å². The van der Waals surface area contributed by atoms with Gasteiger partial charge in [-0.1, -0.05) is 30.3 Å². The molecule has 2 aromatic heterocycles. The number of likely N-dealkylation sites (tertiary alicyclic amines) is 1. The summed E-state index contributed by atoms with van der Waals surface area (Å²) in [5, 5.41) is 9.63. The van der Waals surface area contributed by atoms with Gasteiger partial charge in [-0.3, -0.25) is 9.78 Å². The summed E-state index contributed by atoms with van der Waals surface area (Å²) in [4.78, 5) is 24.1. The molecular formula is C25H24N6O. The van der Waals surface area contributed by atoms with Crippen molar-refractivity contribution in [3.63, 3.8) is 0 Å². The van der Waals surface area contributed by atoms with Crippen LogP contribution in [0.4, 0.5) is 5.69 Å². The Morgan fingerprint density at radius 1 is 0.844 bits per heavy atom. The van der Waals surface area contributed by atoms with Crippen LogP contribution in [0.15, 0.2) is 73.2 Å². The molecule has 0 unspecified atom stereocenters. The van der Waals surface area contributed by atoms with Crippen LogP contribution in [0, 0.1) is 5.92 Å². The van der Waals surface area contributed by atoms with Crippen molar-refractivity contribution in [2.45, 2.75) is 18.9 Å². The van der Waals surface area contributed by atoms with E-state index in [4.69, 9.17) is 0 Å². The average Bonchev–Trinajstić information content (AvgIpc) is 3.53. The number of fused-ring (bicyclic) bond motifs is 2. The van der Waals surface area contributed by atoms with Crippen LogP contribution >= 0.6 is 0 Å². The van der Waals surface area contributed by atoms with Crippen molar-refractivity contribution in [3.05, 3.63) is 78.8 Å². The molecule has 7 nitrogen and oxygen atoms in total. The van der Waals surface area contributed by atoms with E-state index >= 15 is 0 Å². The fourth-order valence-electron chi connectivity index (χ4n) is 5.29. The molecule has 0 N–H and O–H groups in total. The summed E-state index contributed by atoms with van der Waals surface area (Å²) in [5.74, 6) is 0.650. The monoisotopic (exact) mass is 424 g/mol. The zero-order chi connectivity index (χ0) is 21.5. The van der Waals surface area contributed by atoms with Crippen molar-refractivity contribution in [3.8, 4) is 5.69 Å². The summed E-state index contributed by atoms with van der Waals surface area (Å²) < 4.78 is 0. The highest BCUT2D eigenvalue weighted by atomic mass is 16.2. The minimum atomic E-state index is 0.0442. The predicted octanol–water partition coefficient (Wildman–Crippen LogP) is 3.56. The number of para-hydroxylation sites is 2. The molecule has 7 heteroatoms. The fraction of sp³-hybridized carbons (Fsp3) is 0.280. The number of hydrogen-bond acceptors (Lipinski definition) is 5. The molecule has 0 saturated carbocycles. The molecule has 1 amide bonds. The molecule has 2 atom stereocenters. The highest BCUT2D eigenvalue weighted by molar-refractivity contribution is 5.98. The molecule has 4 aromatic rings. The molecule has 2 aliphatic heterocycles. The number of carbonyl (C=O) groups excluding carboxylic acids is 1. The van der Waals surface area contributed by atoms with Crippen molar-refractivity contribution in [2.24, 2.45) is 5.92 Å². The van der Waals surface area contributed by atoms with Crippen LogP contribution in [0.5, 0.6) is 0 Å². The van der Waals surface area contributed by atoms with E-state index in [1.54, 1.807) is 12.4 Å². The van der Waals surface area contributed by atoms with E-state index in [1.807, 2.05) is 41.4 Å². The Bertz CT molecular complexity index is 1270. The highest BCUT2D eigenvalue weighted by Crippen LogP contribution is 2.38. The van der Waals surface area contributed by atoms with Crippen LogP contribution in [0.3, 0.4) is 0 Å². The summed E-state index contributed by atoms with van der Waals surface area (Å²) in [6.45, 7) is 2.52. The summed E-state index contributed by atoms with van der Waals surface area (Å²) in [7, 11) is 0. The maximum absolute atomic E-state index is 13.6. The summed E-state index contributed by atoms with van der Waals surface area (Å²) >= 11 is 0. The first kappa shape index (κ1) is 19.0. The number of benzene rings is 2. The van der Waals surface area contributed by atoms with Gasteiger partial charge in [0, 0.05) is 42.9 Å². The predicted molar refractivity (Wildman–Crippen MR) is 123 cm³/mol. The van der Waals surface area contributed by atoms with E-state index in [0.29, 0.717) is 23.2 Å². The number of anilines is 1. The molecule has 0 radical (unpaired) electrons. The van der Waals surface area contributed by atoms with Gasteiger partial charge in [0.2, 0.25) is 0 Å². The first-order valence-electron chi connectivity index (χ1n) is 11.1. The minimum absolute atomic E-state index is 0.0442. The van der Waals surface area contributed by atoms with Crippen LogP contribution < -0.4 is 4.90 Å². The average molecular weight is 425 g/mol. The second-order valence-corrected chi connectivity index (χ2v) is 8.53. The van der Waals surface area contributed by atoms with Crippen molar-refractivity contribution < 1.29 is 4.79 Å². The van der Waals surface area contributed by atoms with Gasteiger partial charge < -0.3 is 9.80 Å². The lowest BCUT2D eigenvalue weighted by Gasteiger charge is -2.39. The number of aromatic nitrogens is 4. The summed E-state index contributed by atoms with van der Waals surface area (Å²) in [5.41, 5.74) is 3.59. The zero-order valence-electron chi connectivity index (χ0n) is 17.7. The number of nitrogens with zero attached hydrogens (tertiary/aromatic N) is 6. The summed E-state index contributed by atoms with van der Waals surface area (Å²) in [6, 6.07) is 18.3. The second-order valence-electron chi connectivity index (χ2n) is 8.53. The Morgan fingerprint density at radius 2 is 1.62 bits per heavy atom. The molecule has 0 bridgehead atoms. The number of amides is 1. The molecule has 32 heavy (non-hydrogen) atoms. The van der Waals surface area contributed by atoms with Gasteiger partial charge in [-0.2, -0.15) is 15.0 Å². The van der Waals surface area contributed by atoms with E-state index in [0.717, 1.165) is 38.0 Å². The maximum Gasteiger partial charge on any atom is 0.256 e. The van der Waals surface area contributed by atoms with E-state index in [9.17, 15) is 4.79 Å². The van der Waals surface area contributed by atoms with Gasteiger partial charge in [-0.15, -0.1) is 0 Å². The minimum Gasteiger partial charge on any atom is -0.366 e. The molecule has 2 aliphatic rings. The first-order chi connectivity index (χ1) is 15.8. The first-order valence-corrected chi connectivity index (χ1v) is 11.1. The zero-order valence-corrected chi connectivity index (χ0v) is 17.7. The van der Waals surface area contributed by atoms with Crippen molar-refractivity contribution in [1.82, 2.24) is 24.9 Å². The topological polar surface area (TPSA) is 67.2 Å². The van der Waals surface area contributed by atoms with Crippen LogP contribution in [-0.2, 0) is 0 Å². The smallest absolute Gasteiger partial charge is 0.256 e. The Balaban J connectivity index is 1.30. The van der Waals surface area contributed by atoms with Crippen LogP contribution in [-0.4, -0.2) is 56.5 Å². The second kappa shape index (κ2) is 7.75. The Morgan fingerprint density at radius 3 is 2.53 bits per heavy atom. The largest absolute Gasteiger partial charge is 0.366 e. The molecule has 2 fully saturated rings. The van der Waals surface area contributed by atoms with E-state index < -0.39 is 0 Å². The molecule has 6 rings (SSSR count). The third-order valence-electron chi connectivity index (χ3n) is 6.85. The maximum atomic E-state index is 13.6. The van der Waals surface area contributed by atoms with Gasteiger partial charge in [0.15, 0.2) is 0 Å².